The van der Waals surface area contributed by atoms with E-state index in [2.05, 4.69) is 27.5 Å². The van der Waals surface area contributed by atoms with Gasteiger partial charge >= 0.3 is 12.1 Å². The zero-order valence-electron chi connectivity index (χ0n) is 39.2. The molecule has 2 unspecified atom stereocenters. The van der Waals surface area contributed by atoms with E-state index in [1.165, 1.54) is 6.92 Å². The lowest BCUT2D eigenvalue weighted by Crippen LogP contribution is -2.61. The number of ether oxygens (including phenoxy) is 5. The summed E-state index contributed by atoms with van der Waals surface area (Å²) in [7, 11) is 1.56. The van der Waals surface area contributed by atoms with Crippen molar-refractivity contribution < 1.29 is 43.2 Å². The average molecular weight is 901 g/mol. The second kappa shape index (κ2) is 22.6. The summed E-state index contributed by atoms with van der Waals surface area (Å²) in [5.41, 5.74) is 24.1. The number of esters is 1. The fourth-order valence-corrected chi connectivity index (χ4v) is 9.95. The molecule has 3 saturated heterocycles. The first kappa shape index (κ1) is 51.2. The van der Waals surface area contributed by atoms with Gasteiger partial charge in [0.25, 0.3) is 0 Å². The van der Waals surface area contributed by atoms with Crippen molar-refractivity contribution >= 4 is 23.5 Å². The van der Waals surface area contributed by atoms with Gasteiger partial charge in [0.1, 0.15) is 23.8 Å². The lowest BCUT2D eigenvalue weighted by atomic mass is 9.78. The molecule has 3 fully saturated rings. The summed E-state index contributed by atoms with van der Waals surface area (Å²) in [6.07, 6.45) is -0.880. The molecule has 0 spiro atoms. The Bertz CT molecular complexity index is 1830. The number of cyclic esters (lactones) is 1. The number of hydrogen-bond acceptors (Lipinski definition) is 17. The molecule has 0 saturated carbocycles. The van der Waals surface area contributed by atoms with Gasteiger partial charge in [-0.25, -0.2) is 4.79 Å². The molecule has 360 valence electrons. The van der Waals surface area contributed by atoms with Gasteiger partial charge in [0.2, 0.25) is 0 Å². The number of benzene rings is 1. The molecule has 1 aromatic carbocycles. The Labute approximate surface area is 378 Å². The number of nitrogen functional groups attached to an aromatic ring is 1. The van der Waals surface area contributed by atoms with Crippen LogP contribution in [0.3, 0.4) is 0 Å². The van der Waals surface area contributed by atoms with Gasteiger partial charge in [-0.15, -0.1) is 5.10 Å². The molecule has 0 bridgehead atoms. The highest BCUT2D eigenvalue weighted by Crippen LogP contribution is 2.40. The smallest absolute Gasteiger partial charge is 0.410 e. The second-order valence-electron chi connectivity index (χ2n) is 18.6. The van der Waals surface area contributed by atoms with Crippen LogP contribution < -0.4 is 28.3 Å². The predicted octanol–water partition coefficient (Wildman–Crippen LogP) is 1.88. The van der Waals surface area contributed by atoms with E-state index in [0.29, 0.717) is 90.1 Å². The van der Waals surface area contributed by atoms with Gasteiger partial charge < -0.3 is 57.0 Å². The third-order valence-electron chi connectivity index (χ3n) is 13.5. The highest BCUT2D eigenvalue weighted by molar-refractivity contribution is 6.00. The number of amides is 1. The van der Waals surface area contributed by atoms with Gasteiger partial charge in [-0.1, -0.05) is 38.1 Å². The monoisotopic (exact) mass is 901 g/mol. The fourth-order valence-electron chi connectivity index (χ4n) is 9.95. The number of ketones is 1. The van der Waals surface area contributed by atoms with Crippen LogP contribution >= 0.6 is 0 Å². The van der Waals surface area contributed by atoms with Gasteiger partial charge in [0.05, 0.1) is 30.0 Å². The highest BCUT2D eigenvalue weighted by atomic mass is 16.7. The molecular weight excluding hydrogens is 825 g/mol. The number of nitrogens with one attached hydrogen (secondary N) is 1. The maximum Gasteiger partial charge on any atom is 0.410 e. The van der Waals surface area contributed by atoms with Crippen LogP contribution in [-0.4, -0.2) is 161 Å². The van der Waals surface area contributed by atoms with E-state index in [1.54, 1.807) is 23.6 Å². The summed E-state index contributed by atoms with van der Waals surface area (Å²) in [5.74, 6) is -3.41. The molecule has 0 radical (unpaired) electrons. The first-order valence-corrected chi connectivity index (χ1v) is 23.0. The number of anilines is 1. The first-order valence-electron chi connectivity index (χ1n) is 23.0. The minimum atomic E-state index is -1.26. The van der Waals surface area contributed by atoms with Crippen molar-refractivity contribution in [2.24, 2.45) is 35.0 Å². The normalized spacial score (nSPS) is 34.5. The standard InChI is InChI=1S/C45H76N10O9/c1-9-36-45(7)39(55(43(59)64-45)18-11-10-17-54-26-35(51-52-54)31-13-12-14-32(48)21-31)30(5)50-24-27(2)23-44(6,60-8)40(28(3)37(56)29(4)41(58)62-36)63-42-38(57)34(49)22-33(61-42)25-53(19-15-46)20-16-47/h12-14,21,26-30,33-34,36,38-40,42,50,57H,9-11,15-20,22-25,46-49H2,1-8H3/t27-,28+,29-,30-,33+,34?,36-,38?,39-,40-,42+,44-,45-/m1/s1. The molecule has 19 heteroatoms. The van der Waals surface area contributed by atoms with Crippen LogP contribution in [0.5, 0.6) is 0 Å². The van der Waals surface area contributed by atoms with Crippen molar-refractivity contribution in [3.63, 3.8) is 0 Å². The Hall–Kier alpha value is -3.79. The number of Topliss-reactive ketones (excluding diaryl/α,β-unsaturated/α-hetero) is 1. The number of carbonyl (C=O) groups is 3. The maximum absolute atomic E-state index is 14.5. The number of aromatic nitrogens is 3. The number of unbranched alkanes of at least 4 members (excludes halogenated alkanes) is 1. The Balaban J connectivity index is 1.37. The number of carbonyl (C=O) groups excluding carboxylic acids is 3. The Morgan fingerprint density at radius 3 is 2.42 bits per heavy atom. The molecule has 10 N–H and O–H groups in total. The van der Waals surface area contributed by atoms with Gasteiger partial charge in [-0.2, -0.15) is 0 Å². The molecule has 13 atom stereocenters. The van der Waals surface area contributed by atoms with Crippen molar-refractivity contribution in [1.29, 1.82) is 0 Å². The highest BCUT2D eigenvalue weighted by Gasteiger charge is 2.58. The molecule has 3 aliphatic heterocycles. The summed E-state index contributed by atoms with van der Waals surface area (Å²) in [6, 6.07) is 5.93. The van der Waals surface area contributed by atoms with Crippen molar-refractivity contribution in [2.75, 3.05) is 58.7 Å². The molecule has 1 amide bonds. The number of aryl methyl sites for hydroxylation is 1. The molecule has 5 rings (SSSR count). The zero-order valence-corrected chi connectivity index (χ0v) is 39.2. The predicted molar refractivity (Wildman–Crippen MR) is 241 cm³/mol. The first-order chi connectivity index (χ1) is 30.4. The van der Waals surface area contributed by atoms with Crippen molar-refractivity contribution in [3.05, 3.63) is 30.5 Å². The van der Waals surface area contributed by atoms with E-state index >= 15 is 0 Å². The average Bonchev–Trinajstić information content (AvgIpc) is 3.84. The molecule has 19 nitrogen and oxygen atoms in total. The van der Waals surface area contributed by atoms with E-state index in [4.69, 9.17) is 46.6 Å². The number of rotatable bonds is 16. The molecule has 2 aromatic rings. The van der Waals surface area contributed by atoms with Gasteiger partial charge in [0.15, 0.2) is 17.7 Å². The number of fused-ring (bicyclic) bond motifs is 1. The van der Waals surface area contributed by atoms with Crippen LogP contribution in [0.1, 0.15) is 80.6 Å². The lowest BCUT2D eigenvalue weighted by Gasteiger charge is -2.46. The lowest BCUT2D eigenvalue weighted by molar-refractivity contribution is -0.292. The van der Waals surface area contributed by atoms with Crippen LogP contribution in [0.4, 0.5) is 10.5 Å². The van der Waals surface area contributed by atoms with Crippen LogP contribution in [0, 0.1) is 17.8 Å². The molecule has 1 aromatic heterocycles. The van der Waals surface area contributed by atoms with Crippen LogP contribution in [0.2, 0.25) is 0 Å². The quantitative estimate of drug-likeness (QED) is 0.0608. The topological polar surface area (TPSA) is 271 Å². The summed E-state index contributed by atoms with van der Waals surface area (Å²) in [4.78, 5) is 46.3. The summed E-state index contributed by atoms with van der Waals surface area (Å²) >= 11 is 0. The Kier molecular flexibility index (Phi) is 18.1. The van der Waals surface area contributed by atoms with Gasteiger partial charge in [-0.05, 0) is 84.4 Å². The van der Waals surface area contributed by atoms with E-state index in [0.717, 1.165) is 11.3 Å². The molecular formula is C45H76N10O9. The fraction of sp³-hybridized carbons (Fsp3) is 0.756. The molecule has 3 aliphatic rings. The van der Waals surface area contributed by atoms with Crippen molar-refractivity contribution in [1.82, 2.24) is 30.1 Å². The number of methoxy groups -OCH3 is 1. The summed E-state index contributed by atoms with van der Waals surface area (Å²) in [6.45, 7) is 16.8. The molecule has 64 heavy (non-hydrogen) atoms. The second-order valence-corrected chi connectivity index (χ2v) is 18.6. The van der Waals surface area contributed by atoms with E-state index in [-0.39, 0.29) is 12.0 Å². The largest absolute Gasteiger partial charge is 0.458 e. The summed E-state index contributed by atoms with van der Waals surface area (Å²) in [5, 5.41) is 23.7. The van der Waals surface area contributed by atoms with Crippen molar-refractivity contribution in [2.45, 2.75) is 147 Å². The molecule has 0 aliphatic carbocycles. The maximum atomic E-state index is 14.5. The Morgan fingerprint density at radius 2 is 1.77 bits per heavy atom. The number of aliphatic hydroxyl groups is 1. The van der Waals surface area contributed by atoms with E-state index in [9.17, 15) is 19.5 Å². The number of aliphatic hydroxyl groups excluding tert-OH is 1. The van der Waals surface area contributed by atoms with E-state index in [1.807, 2.05) is 58.2 Å². The van der Waals surface area contributed by atoms with Gasteiger partial charge in [-0.3, -0.25) is 24.1 Å². The zero-order chi connectivity index (χ0) is 46.9. The third kappa shape index (κ3) is 12.0. The van der Waals surface area contributed by atoms with E-state index < -0.39 is 83.7 Å². The van der Waals surface area contributed by atoms with Crippen LogP contribution in [0.15, 0.2) is 30.5 Å². The number of nitrogens with zero attached hydrogens (tertiary/aromatic N) is 5. The summed E-state index contributed by atoms with van der Waals surface area (Å²) < 4.78 is 33.6. The minimum absolute atomic E-state index is 0.0610. The molecule has 4 heterocycles. The van der Waals surface area contributed by atoms with Crippen LogP contribution in [0.25, 0.3) is 11.3 Å². The van der Waals surface area contributed by atoms with Gasteiger partial charge in [0, 0.05) is 82.2 Å². The number of hydrogen-bond donors (Lipinski definition) is 6. The minimum Gasteiger partial charge on any atom is -0.458 e. The number of nitrogens with two attached hydrogens (primary N) is 4. The third-order valence-corrected chi connectivity index (χ3v) is 13.5. The Morgan fingerprint density at radius 1 is 1.06 bits per heavy atom. The van der Waals surface area contributed by atoms with Crippen LogP contribution in [-0.2, 0) is 39.8 Å². The SMILES string of the molecule is CC[C@H]1OC(=O)[C@H](C)C(=O)[C@H](C)[C@@H](O[C@@H]2O[C@H](CN(CCN)CCN)CC(N)C2O)[C@](C)(OC)C[C@@H](C)CN[C@H](C)[C@H]2N(CCCCn3cc(-c4cccc(N)c4)nn3)C(=O)O[C@]12C. The van der Waals surface area contributed by atoms with Crippen molar-refractivity contribution in [3.8, 4) is 11.3 Å².